The van der Waals surface area contributed by atoms with E-state index < -0.39 is 4.92 Å². The van der Waals surface area contributed by atoms with E-state index in [1.54, 1.807) is 59.7 Å². The number of nitro groups is 1. The Morgan fingerprint density at radius 3 is 2.59 bits per heavy atom. The highest BCUT2D eigenvalue weighted by molar-refractivity contribution is 6.35. The van der Waals surface area contributed by atoms with Gasteiger partial charge in [0.05, 0.1) is 17.7 Å². The third-order valence-corrected chi connectivity index (χ3v) is 6.10. The topological polar surface area (TPSA) is 91.9 Å². The molecule has 0 radical (unpaired) electrons. The van der Waals surface area contributed by atoms with Crippen LogP contribution in [0, 0.1) is 10.1 Å². The molecule has 0 saturated carbocycles. The van der Waals surface area contributed by atoms with Gasteiger partial charge >= 0.3 is 0 Å². The van der Waals surface area contributed by atoms with Gasteiger partial charge in [-0.2, -0.15) is 0 Å². The van der Waals surface area contributed by atoms with E-state index in [2.05, 4.69) is 10.2 Å². The van der Waals surface area contributed by atoms with Crippen LogP contribution in [0.2, 0.25) is 10.0 Å². The number of nitrogens with zero attached hydrogens (tertiary/aromatic N) is 3. The van der Waals surface area contributed by atoms with E-state index in [1.807, 2.05) is 0 Å². The maximum Gasteiger partial charge on any atom is 0.292 e. The number of nitro benzene ring substituents is 1. The summed E-state index contributed by atoms with van der Waals surface area (Å²) in [5, 5.41) is 15.6. The molecule has 1 aromatic heterocycles. The predicted octanol–water partition coefficient (Wildman–Crippen LogP) is 5.47. The molecule has 0 spiro atoms. The summed E-state index contributed by atoms with van der Waals surface area (Å²) < 4.78 is 5.30. The fourth-order valence-corrected chi connectivity index (χ4v) is 4.18. The molecular weight excluding hydrogens is 479 g/mol. The maximum atomic E-state index is 12.6. The van der Waals surface area contributed by atoms with Crippen LogP contribution in [0.5, 0.6) is 0 Å². The lowest BCUT2D eigenvalue weighted by molar-refractivity contribution is -0.384. The van der Waals surface area contributed by atoms with Crippen LogP contribution in [-0.4, -0.2) is 41.9 Å². The summed E-state index contributed by atoms with van der Waals surface area (Å²) in [4.78, 5) is 27.5. The Morgan fingerprint density at radius 2 is 1.91 bits per heavy atom. The van der Waals surface area contributed by atoms with Crippen LogP contribution in [0.3, 0.4) is 0 Å². The number of piperazine rings is 1. The number of furan rings is 1. The van der Waals surface area contributed by atoms with Gasteiger partial charge in [-0.3, -0.25) is 14.9 Å². The fourth-order valence-electron chi connectivity index (χ4n) is 3.71. The van der Waals surface area contributed by atoms with Gasteiger partial charge in [0.2, 0.25) is 5.91 Å². The predicted molar refractivity (Wildman–Crippen MR) is 133 cm³/mol. The first kappa shape index (κ1) is 23.7. The summed E-state index contributed by atoms with van der Waals surface area (Å²) in [5.41, 5.74) is 1.98. The second-order valence-electron chi connectivity index (χ2n) is 7.70. The number of hydrogen-bond acceptors (Lipinski definition) is 6. The average molecular weight is 501 g/mol. The molecule has 1 fully saturated rings. The molecule has 2 heterocycles. The Bertz CT molecular complexity index is 1210. The number of carbonyl (C=O) groups excluding carboxylic acids is 1. The molecule has 1 aliphatic rings. The number of nitrogens with one attached hydrogen (secondary N) is 1. The molecule has 1 amide bonds. The Hall–Kier alpha value is -3.49. The maximum absolute atomic E-state index is 12.6. The molecule has 10 heteroatoms. The Labute approximate surface area is 206 Å². The minimum absolute atomic E-state index is 0.00452. The zero-order valence-corrected chi connectivity index (χ0v) is 19.6. The molecule has 3 aromatic rings. The van der Waals surface area contributed by atoms with Crippen LogP contribution in [0.1, 0.15) is 11.3 Å². The van der Waals surface area contributed by atoms with E-state index in [0.717, 1.165) is 11.3 Å². The normalized spacial score (nSPS) is 13.9. The van der Waals surface area contributed by atoms with Crippen LogP contribution in [0.15, 0.2) is 65.3 Å². The van der Waals surface area contributed by atoms with Crippen molar-refractivity contribution in [2.45, 2.75) is 6.54 Å². The van der Waals surface area contributed by atoms with Gasteiger partial charge in [-0.1, -0.05) is 29.3 Å². The first-order valence-electron chi connectivity index (χ1n) is 10.6. The van der Waals surface area contributed by atoms with E-state index in [1.165, 1.54) is 12.1 Å². The van der Waals surface area contributed by atoms with Gasteiger partial charge in [0.15, 0.2) is 0 Å². The van der Waals surface area contributed by atoms with Crippen molar-refractivity contribution in [3.8, 4) is 0 Å². The first-order valence-corrected chi connectivity index (χ1v) is 11.4. The van der Waals surface area contributed by atoms with Gasteiger partial charge in [0.25, 0.3) is 5.69 Å². The highest BCUT2D eigenvalue weighted by atomic mass is 35.5. The Balaban J connectivity index is 1.39. The lowest BCUT2D eigenvalue weighted by atomic mass is 10.2. The van der Waals surface area contributed by atoms with Gasteiger partial charge in [0.1, 0.15) is 11.4 Å². The molecule has 2 aromatic carbocycles. The average Bonchev–Trinajstić information content (AvgIpc) is 3.35. The van der Waals surface area contributed by atoms with Crippen molar-refractivity contribution in [1.82, 2.24) is 4.90 Å². The molecule has 176 valence electrons. The minimum atomic E-state index is -0.413. The third-order valence-electron chi connectivity index (χ3n) is 5.53. The molecule has 8 nitrogen and oxygen atoms in total. The summed E-state index contributed by atoms with van der Waals surface area (Å²) >= 11 is 12.1. The zero-order valence-electron chi connectivity index (χ0n) is 18.1. The molecule has 1 saturated heterocycles. The summed E-state index contributed by atoms with van der Waals surface area (Å²) in [7, 11) is 0. The number of carbonyl (C=O) groups is 1. The van der Waals surface area contributed by atoms with Crippen LogP contribution in [0.4, 0.5) is 17.1 Å². The van der Waals surface area contributed by atoms with Crippen LogP contribution < -0.4 is 10.2 Å². The molecule has 1 aliphatic heterocycles. The van der Waals surface area contributed by atoms with Crippen LogP contribution in [0.25, 0.3) is 6.08 Å². The number of anilines is 2. The van der Waals surface area contributed by atoms with E-state index in [9.17, 15) is 14.9 Å². The van der Waals surface area contributed by atoms with Crippen molar-refractivity contribution >= 4 is 52.2 Å². The van der Waals surface area contributed by atoms with E-state index >= 15 is 0 Å². The van der Waals surface area contributed by atoms with Crippen molar-refractivity contribution in [2.75, 3.05) is 36.4 Å². The summed E-state index contributed by atoms with van der Waals surface area (Å²) in [6.45, 7) is 2.62. The van der Waals surface area contributed by atoms with E-state index in [-0.39, 0.29) is 11.6 Å². The van der Waals surface area contributed by atoms with Crippen molar-refractivity contribution in [3.63, 3.8) is 0 Å². The number of halogens is 2. The highest BCUT2D eigenvalue weighted by Crippen LogP contribution is 2.31. The molecule has 4 rings (SSSR count). The van der Waals surface area contributed by atoms with E-state index in [4.69, 9.17) is 27.6 Å². The van der Waals surface area contributed by atoms with E-state index in [0.29, 0.717) is 54.2 Å². The Morgan fingerprint density at radius 1 is 1.12 bits per heavy atom. The number of rotatable bonds is 7. The number of benzene rings is 2. The fraction of sp³-hybridized carbons (Fsp3) is 0.208. The summed E-state index contributed by atoms with van der Waals surface area (Å²) in [6.07, 6.45) is 4.75. The Kier molecular flexibility index (Phi) is 7.40. The summed E-state index contributed by atoms with van der Waals surface area (Å²) in [5.74, 6) is 0.579. The quantitative estimate of drug-likeness (QED) is 0.262. The molecule has 0 aliphatic carbocycles. The van der Waals surface area contributed by atoms with Gasteiger partial charge in [0, 0.05) is 54.1 Å². The zero-order chi connectivity index (χ0) is 24.1. The molecule has 0 atom stereocenters. The number of hydrogen-bond donors (Lipinski definition) is 1. The van der Waals surface area contributed by atoms with Gasteiger partial charge < -0.3 is 19.5 Å². The van der Waals surface area contributed by atoms with Crippen molar-refractivity contribution in [2.24, 2.45) is 0 Å². The second-order valence-corrected chi connectivity index (χ2v) is 8.55. The molecule has 34 heavy (non-hydrogen) atoms. The standard InChI is InChI=1S/C24H22Cl2N4O4/c25-18-5-3-17(21(26)14-18)4-8-24(31)29-11-9-28(10-12-29)19-6-7-23(30(32)33)22(15-19)27-16-20-2-1-13-34-20/h1-8,13-15,27H,9-12,16H2. The van der Waals surface area contributed by atoms with Crippen LogP contribution in [-0.2, 0) is 11.3 Å². The smallest absolute Gasteiger partial charge is 0.292 e. The second kappa shape index (κ2) is 10.6. The van der Waals surface area contributed by atoms with Gasteiger partial charge in [-0.05, 0) is 48.0 Å². The van der Waals surface area contributed by atoms with Crippen molar-refractivity contribution in [1.29, 1.82) is 0 Å². The monoisotopic (exact) mass is 500 g/mol. The molecule has 1 N–H and O–H groups in total. The third kappa shape index (κ3) is 5.70. The van der Waals surface area contributed by atoms with Crippen LogP contribution >= 0.6 is 23.2 Å². The molecular formula is C24H22Cl2N4O4. The number of amides is 1. The van der Waals surface area contributed by atoms with Gasteiger partial charge in [-0.15, -0.1) is 0 Å². The molecule has 0 bridgehead atoms. The molecule has 0 unspecified atom stereocenters. The largest absolute Gasteiger partial charge is 0.467 e. The lowest BCUT2D eigenvalue weighted by Crippen LogP contribution is -2.48. The SMILES string of the molecule is O=C(C=Cc1ccc(Cl)cc1Cl)N1CCN(c2ccc([N+](=O)[O-])c(NCc3ccco3)c2)CC1. The first-order chi connectivity index (χ1) is 16.4. The van der Waals surface area contributed by atoms with Crippen molar-refractivity contribution < 1.29 is 14.1 Å². The highest BCUT2D eigenvalue weighted by Gasteiger charge is 2.22. The lowest BCUT2D eigenvalue weighted by Gasteiger charge is -2.35. The minimum Gasteiger partial charge on any atom is -0.467 e. The van der Waals surface area contributed by atoms with Gasteiger partial charge in [-0.25, -0.2) is 0 Å². The summed E-state index contributed by atoms with van der Waals surface area (Å²) in [6, 6.07) is 13.7. The van der Waals surface area contributed by atoms with Crippen molar-refractivity contribution in [3.05, 3.63) is 92.4 Å².